The summed E-state index contributed by atoms with van der Waals surface area (Å²) in [6.07, 6.45) is 3.86. The first-order chi connectivity index (χ1) is 9.55. The molecule has 0 rings (SSSR count). The summed E-state index contributed by atoms with van der Waals surface area (Å²) in [5, 5.41) is -0.137. The Hall–Kier alpha value is -0.320. The molecule has 0 heterocycles. The van der Waals surface area contributed by atoms with Gasteiger partial charge in [-0.2, -0.15) is 0 Å². The van der Waals surface area contributed by atoms with Gasteiger partial charge in [0.25, 0.3) is 0 Å². The number of carbonyl (C=O) groups excluding carboxylic acids is 1. The second-order valence-electron chi connectivity index (χ2n) is 6.56. The summed E-state index contributed by atoms with van der Waals surface area (Å²) < 4.78 is 30.7. The molecule has 0 aliphatic carbocycles. The van der Waals surface area contributed by atoms with Crippen molar-refractivity contribution in [2.45, 2.75) is 89.9 Å². The number of thioether (sulfide) groups is 1. The summed E-state index contributed by atoms with van der Waals surface area (Å²) in [7, 11) is 0. The largest absolute Gasteiger partial charge is 0.459 e. The summed E-state index contributed by atoms with van der Waals surface area (Å²) in [4.78, 5) is 12.1. The molecule has 0 aliphatic heterocycles. The Morgan fingerprint density at radius 2 is 1.76 bits per heavy atom. The normalized spacial score (nSPS) is 14.0. The third kappa shape index (κ3) is 13.1. The van der Waals surface area contributed by atoms with Gasteiger partial charge in [0.05, 0.1) is 0 Å². The van der Waals surface area contributed by atoms with Crippen molar-refractivity contribution < 1.29 is 18.3 Å². The van der Waals surface area contributed by atoms with Gasteiger partial charge >= 0.3 is 5.97 Å². The molecule has 21 heavy (non-hydrogen) atoms. The highest BCUT2D eigenvalue weighted by Gasteiger charge is 2.24. The average molecular weight is 324 g/mol. The molecule has 0 saturated carbocycles. The van der Waals surface area contributed by atoms with Crippen molar-refractivity contribution in [3.63, 3.8) is 0 Å². The molecule has 0 aromatic heterocycles. The maximum Gasteiger partial charge on any atom is 0.319 e. The maximum atomic E-state index is 12.7. The summed E-state index contributed by atoms with van der Waals surface area (Å²) in [6, 6.07) is 0. The van der Waals surface area contributed by atoms with Gasteiger partial charge < -0.3 is 4.74 Å². The van der Waals surface area contributed by atoms with Gasteiger partial charge in [-0.1, -0.05) is 19.8 Å². The lowest BCUT2D eigenvalue weighted by atomic mass is 10.1. The van der Waals surface area contributed by atoms with Gasteiger partial charge in [-0.05, 0) is 52.7 Å². The van der Waals surface area contributed by atoms with Gasteiger partial charge in [-0.3, -0.25) is 4.79 Å². The standard InChI is InChI=1S/C16H30F2O2S/c1-6-10-13(14(19)20-15(2,3)4)21-12-9-7-8-11-16(5,17)18/h13H,6-12H2,1-5H3. The molecule has 1 atom stereocenters. The Labute approximate surface area is 132 Å². The van der Waals surface area contributed by atoms with Gasteiger partial charge in [0, 0.05) is 6.42 Å². The number of carbonyl (C=O) groups is 1. The number of rotatable bonds is 10. The summed E-state index contributed by atoms with van der Waals surface area (Å²) in [5.41, 5.74) is -0.462. The number of halogens is 2. The molecule has 0 aliphatic rings. The molecule has 0 radical (unpaired) electrons. The lowest BCUT2D eigenvalue weighted by Crippen LogP contribution is -2.30. The van der Waals surface area contributed by atoms with E-state index in [0.29, 0.717) is 6.42 Å². The van der Waals surface area contributed by atoms with Crippen molar-refractivity contribution in [1.82, 2.24) is 0 Å². The molecule has 0 spiro atoms. The zero-order valence-electron chi connectivity index (χ0n) is 14.0. The minimum absolute atomic E-state index is 0.0535. The number of hydrogen-bond acceptors (Lipinski definition) is 3. The Balaban J connectivity index is 3.97. The average Bonchev–Trinajstić information content (AvgIpc) is 2.28. The molecule has 1 unspecified atom stereocenters. The monoisotopic (exact) mass is 324 g/mol. The summed E-state index contributed by atoms with van der Waals surface area (Å²) >= 11 is 1.59. The van der Waals surface area contributed by atoms with Crippen molar-refractivity contribution in [2.75, 3.05) is 5.75 Å². The van der Waals surface area contributed by atoms with E-state index in [1.807, 2.05) is 27.7 Å². The van der Waals surface area contributed by atoms with E-state index in [4.69, 9.17) is 4.74 Å². The molecule has 2 nitrogen and oxygen atoms in total. The number of alkyl halides is 2. The van der Waals surface area contributed by atoms with Crippen LogP contribution in [0.4, 0.5) is 8.78 Å². The van der Waals surface area contributed by atoms with Crippen LogP contribution in [0, 0.1) is 0 Å². The Bertz CT molecular complexity index is 296. The molecular weight excluding hydrogens is 294 g/mol. The van der Waals surface area contributed by atoms with Gasteiger partial charge in [0.1, 0.15) is 10.9 Å². The van der Waals surface area contributed by atoms with Crippen LogP contribution in [0.2, 0.25) is 0 Å². The van der Waals surface area contributed by atoms with Crippen LogP contribution in [-0.4, -0.2) is 28.5 Å². The predicted octanol–water partition coefficient (Wildman–Crippen LogP) is 5.45. The van der Waals surface area contributed by atoms with Crippen LogP contribution >= 0.6 is 11.8 Å². The smallest absolute Gasteiger partial charge is 0.319 e. The number of unbranched alkanes of at least 4 members (excludes halogenated alkanes) is 2. The SMILES string of the molecule is CCCC(SCCCCCC(C)(F)F)C(=O)OC(C)(C)C. The fourth-order valence-corrected chi connectivity index (χ4v) is 3.08. The van der Waals surface area contributed by atoms with Crippen LogP contribution in [0.25, 0.3) is 0 Å². The number of hydrogen-bond donors (Lipinski definition) is 0. The zero-order valence-corrected chi connectivity index (χ0v) is 14.8. The van der Waals surface area contributed by atoms with Crippen LogP contribution in [0.15, 0.2) is 0 Å². The van der Waals surface area contributed by atoms with Gasteiger partial charge in [-0.15, -0.1) is 11.8 Å². The summed E-state index contributed by atoms with van der Waals surface area (Å²) in [5.74, 6) is -1.90. The molecule has 5 heteroatoms. The van der Waals surface area contributed by atoms with Crippen molar-refractivity contribution in [1.29, 1.82) is 0 Å². The van der Waals surface area contributed by atoms with Crippen LogP contribution in [0.3, 0.4) is 0 Å². The molecule has 0 N–H and O–H groups in total. The third-order valence-electron chi connectivity index (χ3n) is 2.80. The van der Waals surface area contributed by atoms with Crippen molar-refractivity contribution in [3.8, 4) is 0 Å². The molecule has 0 aromatic rings. The molecule has 0 bridgehead atoms. The second-order valence-corrected chi connectivity index (χ2v) is 7.87. The lowest BCUT2D eigenvalue weighted by molar-refractivity contribution is -0.154. The van der Waals surface area contributed by atoms with Gasteiger partial charge in [0.2, 0.25) is 5.92 Å². The number of esters is 1. The van der Waals surface area contributed by atoms with Crippen molar-refractivity contribution >= 4 is 17.7 Å². The highest BCUT2D eigenvalue weighted by atomic mass is 32.2. The van der Waals surface area contributed by atoms with E-state index < -0.39 is 11.5 Å². The first-order valence-corrected chi connectivity index (χ1v) is 8.82. The molecular formula is C16H30F2O2S. The molecule has 126 valence electrons. The highest BCUT2D eigenvalue weighted by Crippen LogP contribution is 2.24. The van der Waals surface area contributed by atoms with Crippen molar-refractivity contribution in [3.05, 3.63) is 0 Å². The minimum atomic E-state index is -2.56. The van der Waals surface area contributed by atoms with E-state index in [2.05, 4.69) is 0 Å². The Morgan fingerprint density at radius 3 is 2.24 bits per heavy atom. The van der Waals surface area contributed by atoms with Gasteiger partial charge in [0.15, 0.2) is 0 Å². The molecule has 0 fully saturated rings. The maximum absolute atomic E-state index is 12.7. The lowest BCUT2D eigenvalue weighted by Gasteiger charge is -2.23. The molecule has 0 saturated heterocycles. The highest BCUT2D eigenvalue weighted by molar-refractivity contribution is 8.00. The van der Waals surface area contributed by atoms with E-state index in [1.54, 1.807) is 11.8 Å². The fourth-order valence-electron chi connectivity index (χ4n) is 1.84. The van der Waals surface area contributed by atoms with E-state index >= 15 is 0 Å². The minimum Gasteiger partial charge on any atom is -0.459 e. The number of ether oxygens (including phenoxy) is 1. The Kier molecular flexibility index (Phi) is 9.50. The molecule has 0 aromatic carbocycles. The van der Waals surface area contributed by atoms with Crippen LogP contribution in [0.1, 0.15) is 73.1 Å². The predicted molar refractivity (Wildman–Crippen MR) is 86.1 cm³/mol. The second kappa shape index (κ2) is 9.65. The zero-order chi connectivity index (χ0) is 16.5. The Morgan fingerprint density at radius 1 is 1.14 bits per heavy atom. The first-order valence-electron chi connectivity index (χ1n) is 7.77. The van der Waals surface area contributed by atoms with Crippen LogP contribution < -0.4 is 0 Å². The first kappa shape index (κ1) is 20.7. The van der Waals surface area contributed by atoms with E-state index in [-0.39, 0.29) is 17.6 Å². The van der Waals surface area contributed by atoms with E-state index in [9.17, 15) is 13.6 Å². The fraction of sp³-hybridized carbons (Fsp3) is 0.938. The van der Waals surface area contributed by atoms with Crippen molar-refractivity contribution in [2.24, 2.45) is 0 Å². The van der Waals surface area contributed by atoms with E-state index in [0.717, 1.165) is 38.4 Å². The quantitative estimate of drug-likeness (QED) is 0.395. The molecule has 0 amide bonds. The van der Waals surface area contributed by atoms with Crippen LogP contribution in [0.5, 0.6) is 0 Å². The third-order valence-corrected chi connectivity index (χ3v) is 4.15. The topological polar surface area (TPSA) is 26.3 Å². The van der Waals surface area contributed by atoms with Gasteiger partial charge in [-0.25, -0.2) is 8.78 Å². The van der Waals surface area contributed by atoms with E-state index in [1.165, 1.54) is 0 Å². The summed E-state index contributed by atoms with van der Waals surface area (Å²) in [6.45, 7) is 8.60. The van der Waals surface area contributed by atoms with Crippen LogP contribution in [-0.2, 0) is 9.53 Å².